The molecule has 1 fully saturated rings. The number of hydrogen-bond donors (Lipinski definition) is 2. The van der Waals surface area contributed by atoms with Gasteiger partial charge in [0.2, 0.25) is 5.82 Å². The predicted octanol–water partition coefficient (Wildman–Crippen LogP) is 7.15. The van der Waals surface area contributed by atoms with E-state index in [1.807, 2.05) is 31.2 Å². The van der Waals surface area contributed by atoms with Crippen LogP contribution >= 0.6 is 11.6 Å². The standard InChI is InChI=1S/C30H39ClN4O3/c1-19(2)15-23-24(31)16-22(17-25(23)33-29(3,4)5)27-32-26(34-38-27)21-9-7-20(8-10-21)18-35-13-11-30(6,12-14-35)28(36)37/h7-10,16-17,19,33H,11-15,18H2,1-6H3,(H,36,37). The van der Waals surface area contributed by atoms with E-state index in [4.69, 9.17) is 16.1 Å². The number of benzene rings is 2. The first kappa shape index (κ1) is 28.1. The highest BCUT2D eigenvalue weighted by Gasteiger charge is 2.36. The van der Waals surface area contributed by atoms with Crippen LogP contribution in [0.5, 0.6) is 0 Å². The van der Waals surface area contributed by atoms with Crippen LogP contribution in [-0.4, -0.2) is 44.7 Å². The van der Waals surface area contributed by atoms with Gasteiger partial charge in [0.25, 0.3) is 5.89 Å². The Bertz CT molecular complexity index is 1270. The Labute approximate surface area is 230 Å². The molecule has 0 aliphatic carbocycles. The maximum Gasteiger partial charge on any atom is 0.309 e. The first-order valence-electron chi connectivity index (χ1n) is 13.3. The molecule has 3 aromatic rings. The zero-order chi connectivity index (χ0) is 27.7. The Balaban J connectivity index is 1.49. The number of carboxylic acid groups (broad SMARTS) is 1. The summed E-state index contributed by atoms with van der Waals surface area (Å²) in [6.07, 6.45) is 2.21. The Morgan fingerprint density at radius 2 is 1.82 bits per heavy atom. The third-order valence-electron chi connectivity index (χ3n) is 7.08. The van der Waals surface area contributed by atoms with E-state index in [1.165, 1.54) is 5.56 Å². The van der Waals surface area contributed by atoms with Crippen molar-refractivity contribution < 1.29 is 14.4 Å². The van der Waals surface area contributed by atoms with Crippen molar-refractivity contribution in [2.45, 2.75) is 72.9 Å². The van der Waals surface area contributed by atoms with Gasteiger partial charge in [0.05, 0.1) is 5.41 Å². The SMILES string of the molecule is CC(C)Cc1c(Cl)cc(-c2nc(-c3ccc(CN4CCC(C)(C(=O)O)CC4)cc3)no2)cc1NC(C)(C)C. The van der Waals surface area contributed by atoms with Crippen LogP contribution in [0.4, 0.5) is 5.69 Å². The van der Waals surface area contributed by atoms with Crippen LogP contribution < -0.4 is 5.32 Å². The number of likely N-dealkylation sites (tertiary alicyclic amines) is 1. The number of carboxylic acids is 1. The molecule has 2 N–H and O–H groups in total. The topological polar surface area (TPSA) is 91.5 Å². The molecule has 1 aliphatic heterocycles. The minimum Gasteiger partial charge on any atom is -0.481 e. The minimum absolute atomic E-state index is 0.125. The molecule has 0 amide bonds. The molecule has 38 heavy (non-hydrogen) atoms. The Hall–Kier alpha value is -2.90. The van der Waals surface area contributed by atoms with Gasteiger partial charge in [0.15, 0.2) is 0 Å². The summed E-state index contributed by atoms with van der Waals surface area (Å²) < 4.78 is 5.65. The first-order valence-corrected chi connectivity index (χ1v) is 13.7. The number of anilines is 1. The van der Waals surface area contributed by atoms with Crippen molar-refractivity contribution in [2.75, 3.05) is 18.4 Å². The van der Waals surface area contributed by atoms with E-state index in [1.54, 1.807) is 0 Å². The number of nitrogens with zero attached hydrogens (tertiary/aromatic N) is 3. The third-order valence-corrected chi connectivity index (χ3v) is 7.42. The van der Waals surface area contributed by atoms with Crippen molar-refractivity contribution in [1.29, 1.82) is 0 Å². The van der Waals surface area contributed by atoms with E-state index in [2.05, 4.69) is 67.1 Å². The maximum absolute atomic E-state index is 11.5. The van der Waals surface area contributed by atoms with E-state index < -0.39 is 11.4 Å². The van der Waals surface area contributed by atoms with Crippen molar-refractivity contribution in [2.24, 2.45) is 11.3 Å². The first-order chi connectivity index (χ1) is 17.8. The fraction of sp³-hybridized carbons (Fsp3) is 0.500. The predicted molar refractivity (Wildman–Crippen MR) is 152 cm³/mol. The molecular formula is C30H39ClN4O3. The summed E-state index contributed by atoms with van der Waals surface area (Å²) in [5.41, 5.74) is 4.16. The van der Waals surface area contributed by atoms with Gasteiger partial charge in [0.1, 0.15) is 0 Å². The van der Waals surface area contributed by atoms with E-state index in [0.29, 0.717) is 35.5 Å². The zero-order valence-corrected chi connectivity index (χ0v) is 24.0. The molecule has 0 atom stereocenters. The number of carbonyl (C=O) groups is 1. The number of halogens is 1. The largest absolute Gasteiger partial charge is 0.481 e. The molecule has 0 spiro atoms. The molecule has 8 heteroatoms. The quantitative estimate of drug-likeness (QED) is 0.314. The van der Waals surface area contributed by atoms with Crippen LogP contribution in [0.2, 0.25) is 5.02 Å². The van der Waals surface area contributed by atoms with E-state index in [-0.39, 0.29) is 5.54 Å². The summed E-state index contributed by atoms with van der Waals surface area (Å²) >= 11 is 6.75. The van der Waals surface area contributed by atoms with Crippen molar-refractivity contribution in [3.05, 3.63) is 52.5 Å². The van der Waals surface area contributed by atoms with Crippen LogP contribution in [0, 0.1) is 11.3 Å². The second-order valence-corrected chi connectivity index (χ2v) is 12.6. The van der Waals surface area contributed by atoms with Crippen LogP contribution in [0.3, 0.4) is 0 Å². The van der Waals surface area contributed by atoms with E-state index >= 15 is 0 Å². The average Bonchev–Trinajstić information content (AvgIpc) is 3.32. The van der Waals surface area contributed by atoms with Crippen molar-refractivity contribution in [3.63, 3.8) is 0 Å². The van der Waals surface area contributed by atoms with Crippen LogP contribution in [0.1, 0.15) is 65.5 Å². The lowest BCUT2D eigenvalue weighted by Crippen LogP contribution is -2.42. The average molecular weight is 539 g/mol. The number of nitrogens with one attached hydrogen (secondary N) is 1. The van der Waals surface area contributed by atoms with Gasteiger partial charge < -0.3 is 14.9 Å². The van der Waals surface area contributed by atoms with Crippen LogP contribution in [0.15, 0.2) is 40.9 Å². The highest BCUT2D eigenvalue weighted by atomic mass is 35.5. The molecular weight excluding hydrogens is 500 g/mol. The van der Waals surface area contributed by atoms with Gasteiger partial charge in [-0.1, -0.05) is 54.9 Å². The van der Waals surface area contributed by atoms with Gasteiger partial charge in [0, 0.05) is 33.9 Å². The molecule has 2 aromatic carbocycles. The second-order valence-electron chi connectivity index (χ2n) is 12.2. The summed E-state index contributed by atoms with van der Waals surface area (Å²) in [5, 5.41) is 18.0. The van der Waals surface area contributed by atoms with Gasteiger partial charge in [-0.25, -0.2) is 0 Å². The van der Waals surface area contributed by atoms with Gasteiger partial charge in [-0.15, -0.1) is 0 Å². The van der Waals surface area contributed by atoms with Crippen LogP contribution in [0.25, 0.3) is 22.8 Å². The summed E-state index contributed by atoms with van der Waals surface area (Å²) in [6, 6.07) is 12.1. The molecule has 0 saturated carbocycles. The Kier molecular flexibility index (Phi) is 8.19. The summed E-state index contributed by atoms with van der Waals surface area (Å²) in [7, 11) is 0. The number of rotatable bonds is 8. The zero-order valence-electron chi connectivity index (χ0n) is 23.3. The van der Waals surface area contributed by atoms with Crippen molar-refractivity contribution in [3.8, 4) is 22.8 Å². The molecule has 7 nitrogen and oxygen atoms in total. The summed E-state index contributed by atoms with van der Waals surface area (Å²) in [6.45, 7) is 14.9. The van der Waals surface area contributed by atoms with Gasteiger partial charge >= 0.3 is 5.97 Å². The lowest BCUT2D eigenvalue weighted by atomic mass is 9.80. The molecule has 1 aliphatic rings. The highest BCUT2D eigenvalue weighted by Crippen LogP contribution is 2.35. The summed E-state index contributed by atoms with van der Waals surface area (Å²) in [4.78, 5) is 18.5. The molecule has 1 aromatic heterocycles. The fourth-order valence-corrected chi connectivity index (χ4v) is 5.08. The maximum atomic E-state index is 11.5. The second kappa shape index (κ2) is 11.1. The molecule has 2 heterocycles. The molecule has 0 bridgehead atoms. The van der Waals surface area contributed by atoms with Gasteiger partial charge in [-0.3, -0.25) is 9.69 Å². The van der Waals surface area contributed by atoms with E-state index in [0.717, 1.165) is 48.4 Å². The summed E-state index contributed by atoms with van der Waals surface area (Å²) in [5.74, 6) is 0.719. The molecule has 0 radical (unpaired) electrons. The lowest BCUT2D eigenvalue weighted by Gasteiger charge is -2.36. The third kappa shape index (κ3) is 6.75. The lowest BCUT2D eigenvalue weighted by molar-refractivity contribution is -0.150. The number of hydrogen-bond acceptors (Lipinski definition) is 6. The van der Waals surface area contributed by atoms with Crippen LogP contribution in [-0.2, 0) is 17.8 Å². The Morgan fingerprint density at radius 3 is 2.39 bits per heavy atom. The van der Waals surface area contributed by atoms with Crippen molar-refractivity contribution >= 4 is 23.3 Å². The fourth-order valence-electron chi connectivity index (χ4n) is 4.79. The number of piperidine rings is 1. The van der Waals surface area contributed by atoms with Gasteiger partial charge in [-0.2, -0.15) is 4.98 Å². The Morgan fingerprint density at radius 1 is 1.16 bits per heavy atom. The molecule has 1 saturated heterocycles. The molecule has 0 unspecified atom stereocenters. The van der Waals surface area contributed by atoms with Crippen molar-refractivity contribution in [1.82, 2.24) is 15.0 Å². The minimum atomic E-state index is -0.698. The van der Waals surface area contributed by atoms with E-state index in [9.17, 15) is 9.90 Å². The molecule has 4 rings (SSSR count). The number of aliphatic carboxylic acids is 1. The number of aromatic nitrogens is 2. The normalized spacial score (nSPS) is 16.1. The smallest absolute Gasteiger partial charge is 0.309 e. The molecule has 204 valence electrons. The highest BCUT2D eigenvalue weighted by molar-refractivity contribution is 6.32. The van der Waals surface area contributed by atoms with Gasteiger partial charge in [-0.05, 0) is 89.2 Å². The monoisotopic (exact) mass is 538 g/mol.